The summed E-state index contributed by atoms with van der Waals surface area (Å²) in [5.74, 6) is 0.690. The molecule has 0 saturated heterocycles. The number of fused-ring (bicyclic) bond motifs is 1. The molecule has 3 nitrogen and oxygen atoms in total. The van der Waals surface area contributed by atoms with E-state index in [1.54, 1.807) is 6.07 Å². The Morgan fingerprint density at radius 1 is 1.25 bits per heavy atom. The van der Waals surface area contributed by atoms with Crippen LogP contribution < -0.4 is 15.2 Å². The first-order valence-corrected chi connectivity index (χ1v) is 6.58. The Morgan fingerprint density at radius 3 is 2.80 bits per heavy atom. The van der Waals surface area contributed by atoms with Crippen LogP contribution in [0.15, 0.2) is 36.4 Å². The molecular weight excluding hydrogens is 257 g/mol. The van der Waals surface area contributed by atoms with Gasteiger partial charge in [-0.3, -0.25) is 0 Å². The zero-order valence-corrected chi connectivity index (χ0v) is 11.2. The van der Waals surface area contributed by atoms with E-state index in [-0.39, 0.29) is 11.9 Å². The molecule has 4 heteroatoms. The van der Waals surface area contributed by atoms with Gasteiger partial charge in [-0.2, -0.15) is 0 Å². The number of hydrogen-bond acceptors (Lipinski definition) is 3. The fraction of sp³-hybridized carbons (Fsp3) is 0.250. The summed E-state index contributed by atoms with van der Waals surface area (Å²) in [6, 6.07) is 10.6. The van der Waals surface area contributed by atoms with Crippen LogP contribution in [0.1, 0.15) is 5.56 Å². The highest BCUT2D eigenvalue weighted by Gasteiger charge is 2.26. The molecule has 0 saturated carbocycles. The van der Waals surface area contributed by atoms with Crippen LogP contribution in [0, 0.1) is 12.7 Å². The SMILES string of the molecule is Cc1ccccc1-c1c(F)ccc2c1OC(CN)CO2. The molecule has 0 radical (unpaired) electrons. The summed E-state index contributed by atoms with van der Waals surface area (Å²) in [5, 5.41) is 0. The van der Waals surface area contributed by atoms with E-state index in [0.29, 0.717) is 30.2 Å². The van der Waals surface area contributed by atoms with Gasteiger partial charge in [0.25, 0.3) is 0 Å². The summed E-state index contributed by atoms with van der Waals surface area (Å²) in [5.41, 5.74) is 7.85. The van der Waals surface area contributed by atoms with Crippen molar-refractivity contribution in [3.05, 3.63) is 47.8 Å². The molecule has 104 valence electrons. The number of halogens is 1. The second kappa shape index (κ2) is 5.13. The number of aryl methyl sites for hydroxylation is 1. The zero-order chi connectivity index (χ0) is 14.1. The first kappa shape index (κ1) is 12.9. The summed E-state index contributed by atoms with van der Waals surface area (Å²) in [6.07, 6.45) is -0.243. The lowest BCUT2D eigenvalue weighted by molar-refractivity contribution is 0.0971. The summed E-state index contributed by atoms with van der Waals surface area (Å²) >= 11 is 0. The highest BCUT2D eigenvalue weighted by molar-refractivity contribution is 5.77. The predicted octanol–water partition coefficient (Wildman–Crippen LogP) is 2.90. The normalized spacial score (nSPS) is 17.1. The Bertz CT molecular complexity index is 642. The number of rotatable bonds is 2. The molecule has 2 aromatic rings. The van der Waals surface area contributed by atoms with Gasteiger partial charge in [-0.05, 0) is 30.2 Å². The summed E-state index contributed by atoms with van der Waals surface area (Å²) in [6.45, 7) is 2.67. The molecule has 0 bridgehead atoms. The Hall–Kier alpha value is -2.07. The molecule has 0 aromatic heterocycles. The van der Waals surface area contributed by atoms with Crippen LogP contribution in [0.3, 0.4) is 0 Å². The third kappa shape index (κ3) is 2.12. The molecule has 0 spiro atoms. The second-order valence-corrected chi connectivity index (χ2v) is 4.85. The fourth-order valence-electron chi connectivity index (χ4n) is 2.37. The number of ether oxygens (including phenoxy) is 2. The standard InChI is InChI=1S/C16H16FNO2/c1-10-4-2-3-5-12(10)15-13(17)6-7-14-16(15)20-11(8-18)9-19-14/h2-7,11H,8-9,18H2,1H3. The molecule has 0 fully saturated rings. The smallest absolute Gasteiger partial charge is 0.172 e. The van der Waals surface area contributed by atoms with Crippen LogP contribution in [0.4, 0.5) is 4.39 Å². The lowest BCUT2D eigenvalue weighted by Gasteiger charge is -2.28. The number of benzene rings is 2. The molecule has 0 aliphatic carbocycles. The van der Waals surface area contributed by atoms with E-state index >= 15 is 0 Å². The molecular formula is C16H16FNO2. The molecule has 1 aliphatic rings. The molecule has 2 aromatic carbocycles. The predicted molar refractivity (Wildman–Crippen MR) is 75.5 cm³/mol. The Labute approximate surface area is 117 Å². The monoisotopic (exact) mass is 273 g/mol. The van der Waals surface area contributed by atoms with Crippen LogP contribution in [-0.2, 0) is 0 Å². The van der Waals surface area contributed by atoms with Crippen LogP contribution in [0.2, 0.25) is 0 Å². The molecule has 1 aliphatic heterocycles. The van der Waals surface area contributed by atoms with Gasteiger partial charge >= 0.3 is 0 Å². The van der Waals surface area contributed by atoms with Crippen molar-refractivity contribution >= 4 is 0 Å². The third-order valence-corrected chi connectivity index (χ3v) is 3.46. The Kier molecular flexibility index (Phi) is 3.32. The minimum atomic E-state index is -0.320. The lowest BCUT2D eigenvalue weighted by Crippen LogP contribution is -2.36. The van der Waals surface area contributed by atoms with Crippen molar-refractivity contribution in [3.8, 4) is 22.6 Å². The van der Waals surface area contributed by atoms with Crippen LogP contribution >= 0.6 is 0 Å². The van der Waals surface area contributed by atoms with E-state index in [1.165, 1.54) is 6.07 Å². The van der Waals surface area contributed by atoms with E-state index in [9.17, 15) is 4.39 Å². The first-order valence-electron chi connectivity index (χ1n) is 6.58. The highest BCUT2D eigenvalue weighted by atomic mass is 19.1. The van der Waals surface area contributed by atoms with Gasteiger partial charge in [-0.1, -0.05) is 24.3 Å². The van der Waals surface area contributed by atoms with E-state index in [2.05, 4.69) is 0 Å². The van der Waals surface area contributed by atoms with Crippen molar-refractivity contribution in [2.45, 2.75) is 13.0 Å². The Balaban J connectivity index is 2.18. The maximum atomic E-state index is 14.3. The van der Waals surface area contributed by atoms with E-state index in [0.717, 1.165) is 11.1 Å². The summed E-state index contributed by atoms with van der Waals surface area (Å²) in [7, 11) is 0. The van der Waals surface area contributed by atoms with Crippen molar-refractivity contribution in [2.24, 2.45) is 5.73 Å². The average molecular weight is 273 g/mol. The average Bonchev–Trinajstić information content (AvgIpc) is 2.48. The van der Waals surface area contributed by atoms with Gasteiger partial charge in [0.15, 0.2) is 11.5 Å². The second-order valence-electron chi connectivity index (χ2n) is 4.85. The van der Waals surface area contributed by atoms with Crippen molar-refractivity contribution < 1.29 is 13.9 Å². The van der Waals surface area contributed by atoms with Crippen molar-refractivity contribution in [1.82, 2.24) is 0 Å². The van der Waals surface area contributed by atoms with Gasteiger partial charge in [0.2, 0.25) is 0 Å². The fourth-order valence-corrected chi connectivity index (χ4v) is 2.37. The van der Waals surface area contributed by atoms with Gasteiger partial charge in [-0.15, -0.1) is 0 Å². The minimum Gasteiger partial charge on any atom is -0.486 e. The highest BCUT2D eigenvalue weighted by Crippen LogP contribution is 2.43. The molecule has 20 heavy (non-hydrogen) atoms. The molecule has 0 amide bonds. The minimum absolute atomic E-state index is 0.243. The largest absolute Gasteiger partial charge is 0.486 e. The maximum absolute atomic E-state index is 14.3. The maximum Gasteiger partial charge on any atom is 0.172 e. The van der Waals surface area contributed by atoms with Crippen LogP contribution in [0.5, 0.6) is 11.5 Å². The quantitative estimate of drug-likeness (QED) is 0.915. The van der Waals surface area contributed by atoms with Crippen molar-refractivity contribution in [2.75, 3.05) is 13.2 Å². The summed E-state index contributed by atoms with van der Waals surface area (Å²) in [4.78, 5) is 0. The summed E-state index contributed by atoms with van der Waals surface area (Å²) < 4.78 is 25.7. The van der Waals surface area contributed by atoms with E-state index in [1.807, 2.05) is 31.2 Å². The Morgan fingerprint density at radius 2 is 2.05 bits per heavy atom. The van der Waals surface area contributed by atoms with Gasteiger partial charge < -0.3 is 15.2 Å². The van der Waals surface area contributed by atoms with Crippen LogP contribution in [0.25, 0.3) is 11.1 Å². The third-order valence-electron chi connectivity index (χ3n) is 3.46. The molecule has 1 heterocycles. The van der Waals surface area contributed by atoms with Gasteiger partial charge in [0.05, 0.1) is 5.56 Å². The first-order chi connectivity index (χ1) is 9.70. The van der Waals surface area contributed by atoms with Gasteiger partial charge in [0.1, 0.15) is 18.5 Å². The zero-order valence-electron chi connectivity index (χ0n) is 11.2. The number of hydrogen-bond donors (Lipinski definition) is 1. The molecule has 1 unspecified atom stereocenters. The van der Waals surface area contributed by atoms with Crippen molar-refractivity contribution in [1.29, 1.82) is 0 Å². The molecule has 3 rings (SSSR count). The molecule has 2 N–H and O–H groups in total. The van der Waals surface area contributed by atoms with Crippen LogP contribution in [-0.4, -0.2) is 19.3 Å². The lowest BCUT2D eigenvalue weighted by atomic mass is 9.98. The van der Waals surface area contributed by atoms with Gasteiger partial charge in [0, 0.05) is 6.54 Å². The molecule has 1 atom stereocenters. The number of nitrogens with two attached hydrogens (primary N) is 1. The topological polar surface area (TPSA) is 44.5 Å². The van der Waals surface area contributed by atoms with Gasteiger partial charge in [-0.25, -0.2) is 4.39 Å². The van der Waals surface area contributed by atoms with E-state index in [4.69, 9.17) is 15.2 Å². The van der Waals surface area contributed by atoms with Crippen molar-refractivity contribution in [3.63, 3.8) is 0 Å². The van der Waals surface area contributed by atoms with E-state index < -0.39 is 0 Å².